The number of amides is 3. The van der Waals surface area contributed by atoms with E-state index in [0.717, 1.165) is 0 Å². The Kier molecular flexibility index (Phi) is 11.3. The number of carbonyl (C=O) groups is 4. The van der Waals surface area contributed by atoms with Crippen LogP contribution in [0.15, 0.2) is 17.5 Å². The number of guanidine groups is 1. The summed E-state index contributed by atoms with van der Waals surface area (Å²) in [6.07, 6.45) is 3.48. The zero-order chi connectivity index (χ0) is 25.0. The van der Waals surface area contributed by atoms with Crippen LogP contribution in [0.25, 0.3) is 0 Å². The van der Waals surface area contributed by atoms with Crippen molar-refractivity contribution >= 4 is 29.7 Å². The molecule has 0 fully saturated rings. The molecule has 15 nitrogen and oxygen atoms in total. The van der Waals surface area contributed by atoms with Gasteiger partial charge in [0.15, 0.2) is 5.96 Å². The number of nitrogens with two attached hydrogens (primary N) is 3. The molecule has 0 saturated heterocycles. The Hall–Kier alpha value is -3.72. The van der Waals surface area contributed by atoms with E-state index in [2.05, 4.69) is 30.9 Å². The summed E-state index contributed by atoms with van der Waals surface area (Å²) in [5.41, 5.74) is 17.0. The Morgan fingerprint density at radius 2 is 1.79 bits per heavy atom. The van der Waals surface area contributed by atoms with E-state index in [1.807, 2.05) is 0 Å². The first-order chi connectivity index (χ1) is 15.5. The molecule has 0 aromatic carbocycles. The van der Waals surface area contributed by atoms with Gasteiger partial charge >= 0.3 is 5.97 Å². The van der Waals surface area contributed by atoms with Crippen LogP contribution in [0.1, 0.15) is 25.5 Å². The van der Waals surface area contributed by atoms with Gasteiger partial charge in [-0.2, -0.15) is 0 Å². The van der Waals surface area contributed by atoms with Crippen LogP contribution >= 0.6 is 0 Å². The highest BCUT2D eigenvalue weighted by molar-refractivity contribution is 5.93. The first kappa shape index (κ1) is 27.3. The summed E-state index contributed by atoms with van der Waals surface area (Å²) >= 11 is 0. The molecule has 0 spiro atoms. The van der Waals surface area contributed by atoms with Crippen LogP contribution in [0.5, 0.6) is 0 Å². The van der Waals surface area contributed by atoms with Crippen molar-refractivity contribution in [2.45, 2.75) is 50.4 Å². The number of imidazole rings is 1. The molecule has 1 heterocycles. The normalized spacial score (nSPS) is 14.3. The van der Waals surface area contributed by atoms with Gasteiger partial charge in [0.25, 0.3) is 0 Å². The summed E-state index contributed by atoms with van der Waals surface area (Å²) in [6, 6.07) is -4.71. The molecule has 15 heteroatoms. The van der Waals surface area contributed by atoms with E-state index in [1.165, 1.54) is 19.4 Å². The van der Waals surface area contributed by atoms with Gasteiger partial charge in [-0.1, -0.05) is 0 Å². The van der Waals surface area contributed by atoms with Gasteiger partial charge in [0.1, 0.15) is 18.1 Å². The number of nitrogens with one attached hydrogen (secondary N) is 4. The van der Waals surface area contributed by atoms with Crippen molar-refractivity contribution < 1.29 is 29.4 Å². The number of rotatable bonds is 14. The molecule has 1 rings (SSSR count). The molecular weight excluding hydrogens is 438 g/mol. The van der Waals surface area contributed by atoms with Gasteiger partial charge in [-0.15, -0.1) is 0 Å². The molecule has 4 unspecified atom stereocenters. The monoisotopic (exact) mass is 469 g/mol. The Labute approximate surface area is 189 Å². The van der Waals surface area contributed by atoms with Gasteiger partial charge in [0.05, 0.1) is 19.0 Å². The molecule has 1 aromatic rings. The minimum Gasteiger partial charge on any atom is -0.480 e. The van der Waals surface area contributed by atoms with Gasteiger partial charge < -0.3 is 48.3 Å². The second kappa shape index (κ2) is 13.6. The SMILES string of the molecule is CC(NC(=O)C(N)Cc1cnc[nH]1)C(=O)NC(CCCN=C(N)N)C(=O)NC(CO)C(=O)O. The average Bonchev–Trinajstić information content (AvgIpc) is 3.26. The summed E-state index contributed by atoms with van der Waals surface area (Å²) in [4.78, 5) is 58.9. The molecule has 0 aliphatic rings. The standard InChI is InChI=1S/C18H31N9O6/c1-9(25-15(30)11(19)5-10-6-22-8-24-10)14(29)26-12(3-2-4-23-18(20)21)16(31)27-13(7-28)17(32)33/h6,8-9,11-13,28H,2-5,7,19H2,1H3,(H,22,24)(H,25,30)(H,26,29)(H,27,31)(H,32,33)(H4,20,21,23). The lowest BCUT2D eigenvalue weighted by atomic mass is 10.1. The van der Waals surface area contributed by atoms with E-state index in [0.29, 0.717) is 5.69 Å². The van der Waals surface area contributed by atoms with E-state index in [-0.39, 0.29) is 31.8 Å². The predicted molar refractivity (Wildman–Crippen MR) is 116 cm³/mol. The Bertz CT molecular complexity index is 825. The van der Waals surface area contributed by atoms with Gasteiger partial charge in [0.2, 0.25) is 17.7 Å². The van der Waals surface area contributed by atoms with E-state index in [1.54, 1.807) is 0 Å². The van der Waals surface area contributed by atoms with E-state index < -0.39 is 54.5 Å². The number of carboxylic acid groups (broad SMARTS) is 1. The van der Waals surface area contributed by atoms with Crippen LogP contribution in [0.2, 0.25) is 0 Å². The number of aliphatic hydroxyl groups is 1. The zero-order valence-corrected chi connectivity index (χ0v) is 18.2. The van der Waals surface area contributed by atoms with Gasteiger partial charge in [0, 0.05) is 24.9 Å². The maximum absolute atomic E-state index is 12.6. The van der Waals surface area contributed by atoms with Crippen molar-refractivity contribution in [3.8, 4) is 0 Å². The number of hydrogen-bond acceptors (Lipinski definition) is 8. The minimum atomic E-state index is -1.55. The number of aromatic nitrogens is 2. The van der Waals surface area contributed by atoms with Gasteiger partial charge in [-0.3, -0.25) is 19.4 Å². The molecule has 0 radical (unpaired) electrons. The number of aliphatic carboxylic acids is 1. The van der Waals surface area contributed by atoms with Gasteiger partial charge in [-0.25, -0.2) is 9.78 Å². The van der Waals surface area contributed by atoms with Crippen LogP contribution in [0.4, 0.5) is 0 Å². The Morgan fingerprint density at radius 1 is 1.12 bits per heavy atom. The smallest absolute Gasteiger partial charge is 0.328 e. The number of H-pyrrole nitrogens is 1. The van der Waals surface area contributed by atoms with E-state index in [4.69, 9.17) is 27.4 Å². The predicted octanol–water partition coefficient (Wildman–Crippen LogP) is -4.12. The lowest BCUT2D eigenvalue weighted by Gasteiger charge is -2.23. The molecule has 12 N–H and O–H groups in total. The summed E-state index contributed by atoms with van der Waals surface area (Å²) < 4.78 is 0. The van der Waals surface area contributed by atoms with E-state index >= 15 is 0 Å². The molecule has 0 aliphatic heterocycles. The summed E-state index contributed by atoms with van der Waals surface area (Å²) in [6.45, 7) is 0.730. The topological polar surface area (TPSA) is 264 Å². The highest BCUT2D eigenvalue weighted by atomic mass is 16.4. The molecule has 33 heavy (non-hydrogen) atoms. The number of carbonyl (C=O) groups excluding carboxylic acids is 3. The lowest BCUT2D eigenvalue weighted by molar-refractivity contribution is -0.143. The average molecular weight is 470 g/mol. The van der Waals surface area contributed by atoms with Gasteiger partial charge in [-0.05, 0) is 19.8 Å². The third-order valence-corrected chi connectivity index (χ3v) is 4.46. The van der Waals surface area contributed by atoms with Crippen molar-refractivity contribution in [2.24, 2.45) is 22.2 Å². The molecule has 0 aliphatic carbocycles. The first-order valence-corrected chi connectivity index (χ1v) is 10.1. The van der Waals surface area contributed by atoms with Crippen LogP contribution in [-0.2, 0) is 25.6 Å². The number of aromatic amines is 1. The van der Waals surface area contributed by atoms with Crippen molar-refractivity contribution in [1.82, 2.24) is 25.9 Å². The Balaban J connectivity index is 2.74. The molecule has 3 amide bonds. The molecule has 0 saturated carbocycles. The number of nitrogens with zero attached hydrogens (tertiary/aromatic N) is 2. The molecular formula is C18H31N9O6. The van der Waals surface area contributed by atoms with Crippen molar-refractivity contribution in [1.29, 1.82) is 0 Å². The third-order valence-electron chi connectivity index (χ3n) is 4.46. The molecule has 184 valence electrons. The highest BCUT2D eigenvalue weighted by Crippen LogP contribution is 2.02. The second-order valence-corrected chi connectivity index (χ2v) is 7.21. The number of aliphatic imine (C=N–C) groups is 1. The maximum Gasteiger partial charge on any atom is 0.328 e. The van der Waals surface area contributed by atoms with Crippen LogP contribution < -0.4 is 33.2 Å². The quantitative estimate of drug-likeness (QED) is 0.0721. The number of carboxylic acids is 1. The van der Waals surface area contributed by atoms with Crippen molar-refractivity contribution in [3.63, 3.8) is 0 Å². The Morgan fingerprint density at radius 3 is 2.33 bits per heavy atom. The number of aliphatic hydroxyl groups excluding tert-OH is 1. The molecule has 1 aromatic heterocycles. The van der Waals surface area contributed by atoms with Crippen LogP contribution in [-0.4, -0.2) is 87.2 Å². The number of hydrogen-bond donors (Lipinski definition) is 9. The van der Waals surface area contributed by atoms with E-state index in [9.17, 15) is 19.2 Å². The van der Waals surface area contributed by atoms with Crippen molar-refractivity contribution in [2.75, 3.05) is 13.2 Å². The fourth-order valence-corrected chi connectivity index (χ4v) is 2.64. The minimum absolute atomic E-state index is 0.0616. The fraction of sp³-hybridized carbons (Fsp3) is 0.556. The lowest BCUT2D eigenvalue weighted by Crippen LogP contribution is -2.56. The second-order valence-electron chi connectivity index (χ2n) is 7.21. The zero-order valence-electron chi connectivity index (χ0n) is 18.2. The summed E-state index contributed by atoms with van der Waals surface area (Å²) in [5.74, 6) is -3.71. The summed E-state index contributed by atoms with van der Waals surface area (Å²) in [5, 5.41) is 25.2. The van der Waals surface area contributed by atoms with Crippen LogP contribution in [0, 0.1) is 0 Å². The maximum atomic E-state index is 12.6. The molecule has 4 atom stereocenters. The largest absolute Gasteiger partial charge is 0.480 e. The first-order valence-electron chi connectivity index (χ1n) is 10.1. The highest BCUT2D eigenvalue weighted by Gasteiger charge is 2.28. The third kappa shape index (κ3) is 9.96. The van der Waals surface area contributed by atoms with Crippen LogP contribution in [0.3, 0.4) is 0 Å². The van der Waals surface area contributed by atoms with Crippen molar-refractivity contribution in [3.05, 3.63) is 18.2 Å². The fourth-order valence-electron chi connectivity index (χ4n) is 2.64. The summed E-state index contributed by atoms with van der Waals surface area (Å²) in [7, 11) is 0. The molecule has 0 bridgehead atoms.